The molecule has 5 heterocycles. The molecule has 0 saturated carbocycles. The van der Waals surface area contributed by atoms with Crippen molar-refractivity contribution in [2.45, 2.75) is 6.92 Å². The zero-order valence-corrected chi connectivity index (χ0v) is 22.0. The third-order valence-electron chi connectivity index (χ3n) is 6.88. The van der Waals surface area contributed by atoms with Crippen LogP contribution in [0.15, 0.2) is 67.3 Å². The van der Waals surface area contributed by atoms with Gasteiger partial charge in [-0.3, -0.25) is 4.98 Å². The summed E-state index contributed by atoms with van der Waals surface area (Å²) >= 11 is 0. The Labute approximate surface area is 229 Å². The Bertz CT molecular complexity index is 1690. The first-order valence-corrected chi connectivity index (χ1v) is 12.8. The maximum absolute atomic E-state index is 14.2. The SMILES string of the molecule is COc1cncc(-c2cnc(N3CCOCC3)cc2Nc2c(C)c(-c3cc(F)cc(F)c3)nc3ncccc23)c1. The van der Waals surface area contributed by atoms with Crippen molar-refractivity contribution >= 4 is 28.2 Å². The van der Waals surface area contributed by atoms with Crippen LogP contribution in [0.3, 0.4) is 0 Å². The summed E-state index contributed by atoms with van der Waals surface area (Å²) in [6, 6.07) is 11.0. The van der Waals surface area contributed by atoms with E-state index in [1.165, 1.54) is 12.1 Å². The number of fused-ring (bicyclic) bond motifs is 1. The minimum Gasteiger partial charge on any atom is -0.495 e. The Hall–Kier alpha value is -4.70. The first kappa shape index (κ1) is 25.6. The van der Waals surface area contributed by atoms with Crippen molar-refractivity contribution in [3.63, 3.8) is 0 Å². The number of anilines is 3. The number of hydrogen-bond acceptors (Lipinski definition) is 8. The van der Waals surface area contributed by atoms with E-state index in [1.807, 2.05) is 37.4 Å². The zero-order valence-electron chi connectivity index (χ0n) is 22.0. The van der Waals surface area contributed by atoms with E-state index in [0.29, 0.717) is 47.1 Å². The monoisotopic (exact) mass is 540 g/mol. The molecule has 10 heteroatoms. The molecule has 1 aliphatic heterocycles. The third kappa shape index (κ3) is 5.01. The van der Waals surface area contributed by atoms with Gasteiger partial charge in [0.2, 0.25) is 0 Å². The quantitative estimate of drug-likeness (QED) is 0.284. The molecule has 6 rings (SSSR count). The highest BCUT2D eigenvalue weighted by Crippen LogP contribution is 2.39. The van der Waals surface area contributed by atoms with Crippen molar-refractivity contribution in [1.82, 2.24) is 19.9 Å². The number of nitrogens with one attached hydrogen (secondary N) is 1. The second kappa shape index (κ2) is 10.8. The number of aromatic nitrogens is 4. The molecule has 1 fully saturated rings. The van der Waals surface area contributed by atoms with Crippen molar-refractivity contribution < 1.29 is 18.3 Å². The Morgan fingerprint density at radius 2 is 1.75 bits per heavy atom. The van der Waals surface area contributed by atoms with Gasteiger partial charge in [0.25, 0.3) is 0 Å². The van der Waals surface area contributed by atoms with Crippen LogP contribution in [0.4, 0.5) is 26.0 Å². The molecular formula is C30H26F2N6O2. The maximum Gasteiger partial charge on any atom is 0.161 e. The molecule has 0 amide bonds. The Morgan fingerprint density at radius 1 is 0.950 bits per heavy atom. The molecule has 0 radical (unpaired) electrons. The van der Waals surface area contributed by atoms with Crippen molar-refractivity contribution in [3.8, 4) is 28.1 Å². The molecule has 0 spiro atoms. The van der Waals surface area contributed by atoms with E-state index >= 15 is 0 Å². The standard InChI is InChI=1S/C30H26F2N6O2/c1-18-28(19-10-21(31)13-22(32)11-19)37-30-24(4-3-5-34-30)29(18)36-26-14-27(38-6-8-40-9-7-38)35-17-25(26)20-12-23(39-2)16-33-15-20/h3-5,10-17H,6-9H2,1-2H3,(H,34,35,36,37). The van der Waals surface area contributed by atoms with E-state index in [0.717, 1.165) is 47.2 Å². The second-order valence-electron chi connectivity index (χ2n) is 9.42. The van der Waals surface area contributed by atoms with Crippen molar-refractivity contribution in [2.24, 2.45) is 0 Å². The van der Waals surface area contributed by atoms with Gasteiger partial charge in [-0.1, -0.05) is 0 Å². The van der Waals surface area contributed by atoms with Crippen LogP contribution in [0, 0.1) is 18.6 Å². The molecule has 8 nitrogen and oxygen atoms in total. The highest BCUT2D eigenvalue weighted by atomic mass is 19.1. The van der Waals surface area contributed by atoms with Crippen LogP contribution >= 0.6 is 0 Å². The number of methoxy groups -OCH3 is 1. The molecule has 4 aromatic heterocycles. The fourth-order valence-corrected chi connectivity index (χ4v) is 4.88. The highest BCUT2D eigenvalue weighted by molar-refractivity contribution is 5.98. The van der Waals surface area contributed by atoms with Gasteiger partial charge in [0.15, 0.2) is 5.65 Å². The van der Waals surface area contributed by atoms with E-state index in [-0.39, 0.29) is 0 Å². The van der Waals surface area contributed by atoms with Gasteiger partial charge in [-0.15, -0.1) is 0 Å². The molecule has 1 aromatic carbocycles. The predicted octanol–water partition coefficient (Wildman–Crippen LogP) is 5.93. The van der Waals surface area contributed by atoms with Gasteiger partial charge in [-0.25, -0.2) is 23.7 Å². The largest absolute Gasteiger partial charge is 0.495 e. The lowest BCUT2D eigenvalue weighted by Crippen LogP contribution is -2.36. The lowest BCUT2D eigenvalue weighted by molar-refractivity contribution is 0.122. The number of ether oxygens (including phenoxy) is 2. The third-order valence-corrected chi connectivity index (χ3v) is 6.88. The molecule has 40 heavy (non-hydrogen) atoms. The Kier molecular flexibility index (Phi) is 6.91. The number of hydrogen-bond donors (Lipinski definition) is 1. The van der Waals surface area contributed by atoms with Crippen molar-refractivity contribution in [1.29, 1.82) is 0 Å². The molecule has 202 valence electrons. The molecular weight excluding hydrogens is 514 g/mol. The number of benzene rings is 1. The van der Waals surface area contributed by atoms with Crippen LogP contribution in [-0.2, 0) is 4.74 Å². The van der Waals surface area contributed by atoms with Crippen LogP contribution in [-0.4, -0.2) is 53.3 Å². The molecule has 0 unspecified atom stereocenters. The molecule has 5 aromatic rings. The van der Waals surface area contributed by atoms with Gasteiger partial charge in [-0.2, -0.15) is 0 Å². The fraction of sp³-hybridized carbons (Fsp3) is 0.200. The number of pyridine rings is 4. The van der Waals surface area contributed by atoms with E-state index in [9.17, 15) is 8.78 Å². The van der Waals surface area contributed by atoms with Gasteiger partial charge in [-0.05, 0) is 42.8 Å². The van der Waals surface area contributed by atoms with Crippen LogP contribution < -0.4 is 15.0 Å². The summed E-state index contributed by atoms with van der Waals surface area (Å²) in [4.78, 5) is 20.4. The number of rotatable bonds is 6. The summed E-state index contributed by atoms with van der Waals surface area (Å²) in [5, 5.41) is 4.37. The number of halogens is 2. The van der Waals surface area contributed by atoms with Crippen LogP contribution in [0.2, 0.25) is 0 Å². The van der Waals surface area contributed by atoms with Gasteiger partial charge in [0.05, 0.1) is 43.6 Å². The molecule has 1 N–H and O–H groups in total. The summed E-state index contributed by atoms with van der Waals surface area (Å²) in [6.07, 6.45) is 6.84. The lowest BCUT2D eigenvalue weighted by Gasteiger charge is -2.28. The zero-order chi connectivity index (χ0) is 27.6. The summed E-state index contributed by atoms with van der Waals surface area (Å²) in [5.41, 5.74) is 5.01. The van der Waals surface area contributed by atoms with Crippen molar-refractivity contribution in [2.75, 3.05) is 43.6 Å². The normalized spacial score (nSPS) is 13.4. The Balaban J connectivity index is 1.54. The average molecular weight is 541 g/mol. The average Bonchev–Trinajstić information content (AvgIpc) is 2.98. The first-order chi connectivity index (χ1) is 19.5. The maximum atomic E-state index is 14.2. The minimum absolute atomic E-state index is 0.326. The molecule has 1 saturated heterocycles. The summed E-state index contributed by atoms with van der Waals surface area (Å²) < 4.78 is 39.3. The second-order valence-corrected chi connectivity index (χ2v) is 9.42. The number of morpholine rings is 1. The molecule has 0 aliphatic carbocycles. The summed E-state index contributed by atoms with van der Waals surface area (Å²) in [5.74, 6) is 0.0608. The van der Waals surface area contributed by atoms with Gasteiger partial charge >= 0.3 is 0 Å². The summed E-state index contributed by atoms with van der Waals surface area (Å²) in [7, 11) is 1.59. The van der Waals surface area contributed by atoms with Gasteiger partial charge in [0, 0.05) is 65.9 Å². The van der Waals surface area contributed by atoms with Crippen LogP contribution in [0.5, 0.6) is 5.75 Å². The first-order valence-electron chi connectivity index (χ1n) is 12.8. The van der Waals surface area contributed by atoms with Gasteiger partial charge in [0.1, 0.15) is 23.2 Å². The van der Waals surface area contributed by atoms with E-state index < -0.39 is 11.6 Å². The summed E-state index contributed by atoms with van der Waals surface area (Å²) in [6.45, 7) is 4.57. The van der Waals surface area contributed by atoms with E-state index in [1.54, 1.807) is 25.7 Å². The van der Waals surface area contributed by atoms with E-state index in [2.05, 4.69) is 25.2 Å². The smallest absolute Gasteiger partial charge is 0.161 e. The predicted molar refractivity (Wildman–Crippen MR) is 150 cm³/mol. The molecule has 1 aliphatic rings. The van der Waals surface area contributed by atoms with Gasteiger partial charge < -0.3 is 19.7 Å². The van der Waals surface area contributed by atoms with E-state index in [4.69, 9.17) is 14.5 Å². The molecule has 0 bridgehead atoms. The lowest BCUT2D eigenvalue weighted by atomic mass is 10.0. The van der Waals surface area contributed by atoms with Crippen LogP contribution in [0.1, 0.15) is 5.56 Å². The molecule has 0 atom stereocenters. The Morgan fingerprint density at radius 3 is 2.52 bits per heavy atom. The topological polar surface area (TPSA) is 85.3 Å². The highest BCUT2D eigenvalue weighted by Gasteiger charge is 2.20. The number of nitrogens with zero attached hydrogens (tertiary/aromatic N) is 5. The van der Waals surface area contributed by atoms with Crippen molar-refractivity contribution in [3.05, 3.63) is 84.4 Å². The minimum atomic E-state index is -0.677. The van der Waals surface area contributed by atoms with Crippen LogP contribution in [0.25, 0.3) is 33.4 Å². The fourth-order valence-electron chi connectivity index (χ4n) is 4.88.